The second kappa shape index (κ2) is 57.7. The van der Waals surface area contributed by atoms with Crippen LogP contribution >= 0.6 is 0 Å². The molecule has 0 aromatic heterocycles. The molecule has 0 spiro atoms. The first kappa shape index (κ1) is 90.6. The fourth-order valence-electron chi connectivity index (χ4n) is 11.0. The molecule has 0 aliphatic heterocycles. The monoisotopic (exact) mass is 1350 g/mol. The predicted octanol–water partition coefficient (Wildman–Crippen LogP) is 14.9. The number of benzene rings is 4. The molecule has 4 rings (SSSR count). The van der Waals surface area contributed by atoms with Crippen LogP contribution < -0.4 is 59.1 Å². The number of hydrogen-bond donors (Lipinski definition) is 2. The molecular formula is C72H118Na2O12S4. The smallest absolute Gasteiger partial charge is 0.744 e. The summed E-state index contributed by atoms with van der Waals surface area (Å²) in [5, 5.41) is 0. The fraction of sp³-hybridized carbons (Fsp3) is 0.667. The Morgan fingerprint density at radius 2 is 0.389 bits per heavy atom. The molecule has 0 aliphatic carbocycles. The maximum absolute atomic E-state index is 11.3. The molecule has 4 aromatic carbocycles. The first-order valence-corrected chi connectivity index (χ1v) is 40.1. The van der Waals surface area contributed by atoms with Crippen LogP contribution in [0.3, 0.4) is 0 Å². The average Bonchev–Trinajstić information content (AvgIpc) is 2.40. The maximum Gasteiger partial charge on any atom is 1.00 e. The standard InChI is InChI=1S/4C18H30O3S.2Na/c4*1-2-3-4-5-6-7-8-9-10-11-14-17-15-12-13-16-18(17)22(19,20)21;;/h4*12-13,15-16H,2-11,14H2,1H3,(H,19,20,21);;/q;;;;2*+1/p-2. The average molecular weight is 1350 g/mol. The van der Waals surface area contributed by atoms with Gasteiger partial charge in [-0.05, 0) is 97.9 Å². The van der Waals surface area contributed by atoms with Crippen LogP contribution in [0.1, 0.15) is 307 Å². The Morgan fingerprint density at radius 3 is 0.556 bits per heavy atom. The summed E-state index contributed by atoms with van der Waals surface area (Å²) in [6, 6.07) is 26.6. The van der Waals surface area contributed by atoms with Crippen LogP contribution in [0, 0.1) is 0 Å². The van der Waals surface area contributed by atoms with Crippen LogP contribution in [0.15, 0.2) is 117 Å². The van der Waals surface area contributed by atoms with E-state index in [2.05, 4.69) is 27.7 Å². The van der Waals surface area contributed by atoms with Crippen LogP contribution in [0.4, 0.5) is 0 Å². The van der Waals surface area contributed by atoms with Gasteiger partial charge in [0.05, 0.1) is 19.6 Å². The molecule has 12 nitrogen and oxygen atoms in total. The Hall–Kier alpha value is -1.48. The molecule has 0 unspecified atom stereocenters. The van der Waals surface area contributed by atoms with Gasteiger partial charge in [0.2, 0.25) is 0 Å². The van der Waals surface area contributed by atoms with Crippen molar-refractivity contribution in [1.29, 1.82) is 0 Å². The Morgan fingerprint density at radius 1 is 0.244 bits per heavy atom. The van der Waals surface area contributed by atoms with Crippen molar-refractivity contribution in [3.05, 3.63) is 119 Å². The summed E-state index contributed by atoms with van der Waals surface area (Å²) in [5.41, 5.74) is 2.78. The van der Waals surface area contributed by atoms with Crippen molar-refractivity contribution in [1.82, 2.24) is 0 Å². The molecule has 90 heavy (non-hydrogen) atoms. The summed E-state index contributed by atoms with van der Waals surface area (Å²) in [4.78, 5) is 0.0219. The molecule has 0 heterocycles. The Kier molecular flexibility index (Phi) is 58.1. The van der Waals surface area contributed by atoms with Crippen molar-refractivity contribution < 1.29 is 111 Å². The van der Waals surface area contributed by atoms with E-state index >= 15 is 0 Å². The second-order valence-electron chi connectivity index (χ2n) is 24.0. The minimum Gasteiger partial charge on any atom is -0.744 e. The van der Waals surface area contributed by atoms with Gasteiger partial charge in [-0.15, -0.1) is 0 Å². The summed E-state index contributed by atoms with van der Waals surface area (Å²) in [6.45, 7) is 8.94. The fourth-order valence-corrected chi connectivity index (χ4v) is 14.0. The van der Waals surface area contributed by atoms with E-state index in [0.29, 0.717) is 36.8 Å². The summed E-state index contributed by atoms with van der Waals surface area (Å²) >= 11 is 0. The third-order valence-corrected chi connectivity index (χ3v) is 20.0. The van der Waals surface area contributed by atoms with Gasteiger partial charge in [-0.25, -0.2) is 16.8 Å². The SMILES string of the molecule is CCCCCCCCCCCCc1ccccc1S(=O)(=O)O.CCCCCCCCCCCCc1ccccc1S(=O)(=O)O.CCCCCCCCCCCCc1ccccc1S(=O)(=O)[O-].CCCCCCCCCCCCc1ccccc1S(=O)(=O)[O-].[Na+].[Na+]. The van der Waals surface area contributed by atoms with Crippen molar-refractivity contribution >= 4 is 40.5 Å². The predicted molar refractivity (Wildman–Crippen MR) is 364 cm³/mol. The van der Waals surface area contributed by atoms with E-state index < -0.39 is 40.5 Å². The molecule has 0 fully saturated rings. The second-order valence-corrected chi connectivity index (χ2v) is 29.5. The third kappa shape index (κ3) is 48.2. The van der Waals surface area contributed by atoms with Crippen LogP contribution in [-0.4, -0.2) is 51.9 Å². The van der Waals surface area contributed by atoms with Gasteiger partial charge >= 0.3 is 59.1 Å². The third-order valence-electron chi connectivity index (χ3n) is 16.2. The van der Waals surface area contributed by atoms with Crippen molar-refractivity contribution in [3.8, 4) is 0 Å². The normalized spacial score (nSPS) is 11.5. The molecule has 0 saturated carbocycles. The topological polar surface area (TPSA) is 223 Å². The van der Waals surface area contributed by atoms with Gasteiger partial charge in [0.25, 0.3) is 20.2 Å². The quantitative estimate of drug-likeness (QED) is 0.0239. The minimum atomic E-state index is -4.35. The van der Waals surface area contributed by atoms with Crippen LogP contribution in [-0.2, 0) is 66.2 Å². The zero-order valence-electron chi connectivity index (χ0n) is 57.0. The van der Waals surface area contributed by atoms with E-state index in [1.165, 1.54) is 230 Å². The van der Waals surface area contributed by atoms with Crippen molar-refractivity contribution in [2.24, 2.45) is 0 Å². The van der Waals surface area contributed by atoms with Gasteiger partial charge in [0.15, 0.2) is 0 Å². The molecular weight excluding hydrogens is 1230 g/mol. The van der Waals surface area contributed by atoms with Crippen LogP contribution in [0.25, 0.3) is 0 Å². The van der Waals surface area contributed by atoms with Gasteiger partial charge in [-0.3, -0.25) is 9.11 Å². The van der Waals surface area contributed by atoms with E-state index in [4.69, 9.17) is 0 Å². The van der Waals surface area contributed by atoms with E-state index in [-0.39, 0.29) is 78.7 Å². The molecule has 0 atom stereocenters. The van der Waals surface area contributed by atoms with Gasteiger partial charge < -0.3 is 9.11 Å². The molecule has 0 aliphatic rings. The van der Waals surface area contributed by atoms with Crippen molar-refractivity contribution in [3.63, 3.8) is 0 Å². The molecule has 0 saturated heterocycles. The summed E-state index contributed by atoms with van der Waals surface area (Å²) in [7, 11) is -16.9. The van der Waals surface area contributed by atoms with Gasteiger partial charge in [-0.2, -0.15) is 16.8 Å². The Bertz CT molecular complexity index is 2430. The van der Waals surface area contributed by atoms with E-state index in [9.17, 15) is 51.9 Å². The molecule has 0 bridgehead atoms. The number of rotatable bonds is 48. The summed E-state index contributed by atoms with van der Waals surface area (Å²) in [6.07, 6.45) is 52.9. The molecule has 504 valence electrons. The van der Waals surface area contributed by atoms with Gasteiger partial charge in [0.1, 0.15) is 20.2 Å². The molecule has 0 amide bonds. The zero-order chi connectivity index (χ0) is 65.0. The van der Waals surface area contributed by atoms with Crippen molar-refractivity contribution in [2.75, 3.05) is 0 Å². The van der Waals surface area contributed by atoms with Crippen molar-refractivity contribution in [2.45, 2.75) is 330 Å². The maximum atomic E-state index is 11.3. The summed E-state index contributed by atoms with van der Waals surface area (Å²) in [5.74, 6) is 0. The van der Waals surface area contributed by atoms with Crippen LogP contribution in [0.2, 0.25) is 0 Å². The minimum absolute atomic E-state index is 0. The summed E-state index contributed by atoms with van der Waals surface area (Å²) < 4.78 is 131. The van der Waals surface area contributed by atoms with Gasteiger partial charge in [0, 0.05) is 0 Å². The first-order chi connectivity index (χ1) is 42.2. The molecule has 4 aromatic rings. The molecule has 2 N–H and O–H groups in total. The van der Waals surface area contributed by atoms with E-state index in [0.717, 1.165) is 62.5 Å². The zero-order valence-corrected chi connectivity index (χ0v) is 64.2. The van der Waals surface area contributed by atoms with Gasteiger partial charge in [-0.1, -0.05) is 332 Å². The number of unbranched alkanes of at least 4 members (excludes halogenated alkanes) is 36. The number of hydrogen-bond acceptors (Lipinski definition) is 10. The Balaban J connectivity index is 0. The van der Waals surface area contributed by atoms with Crippen LogP contribution in [0.5, 0.6) is 0 Å². The van der Waals surface area contributed by atoms with E-state index in [1.807, 2.05) is 12.1 Å². The molecule has 0 radical (unpaired) electrons. The number of aryl methyl sites for hydroxylation is 4. The molecule has 18 heteroatoms. The first-order valence-electron chi connectivity index (χ1n) is 34.4. The largest absolute Gasteiger partial charge is 1.00 e. The Labute approximate surface area is 594 Å². The van der Waals surface area contributed by atoms with E-state index in [1.54, 1.807) is 60.7 Å².